The number of hydrazine groups is 1. The fourth-order valence-corrected chi connectivity index (χ4v) is 5.41. The maximum atomic E-state index is 13.7. The van der Waals surface area contributed by atoms with Gasteiger partial charge in [0, 0.05) is 40.5 Å². The number of halogens is 4. The lowest BCUT2D eigenvalue weighted by molar-refractivity contribution is -0.119. The number of alkyl halides is 3. The molecule has 0 aliphatic carbocycles. The molecule has 14 heteroatoms. The van der Waals surface area contributed by atoms with Gasteiger partial charge in [0.25, 0.3) is 5.56 Å². The maximum absolute atomic E-state index is 13.7. The predicted molar refractivity (Wildman–Crippen MR) is 168 cm³/mol. The summed E-state index contributed by atoms with van der Waals surface area (Å²) in [5.74, 6) is 5.35. The summed E-state index contributed by atoms with van der Waals surface area (Å²) >= 11 is 6.20. The number of anilines is 2. The van der Waals surface area contributed by atoms with Crippen molar-refractivity contribution >= 4 is 28.9 Å². The molecule has 10 nitrogen and oxygen atoms in total. The topological polar surface area (TPSA) is 156 Å². The number of carbonyl (C=O) groups is 1. The van der Waals surface area contributed by atoms with Crippen LogP contribution in [-0.2, 0) is 4.79 Å². The van der Waals surface area contributed by atoms with Crippen molar-refractivity contribution in [2.75, 3.05) is 10.3 Å². The molecule has 2 aromatic heterocycles. The molecule has 2 aromatic carbocycles. The van der Waals surface area contributed by atoms with Crippen molar-refractivity contribution in [2.45, 2.75) is 38.4 Å². The lowest BCUT2D eigenvalue weighted by Crippen LogP contribution is -2.30. The minimum Gasteiger partial charge on any atom is -0.393 e. The first-order chi connectivity index (χ1) is 21.8. The summed E-state index contributed by atoms with van der Waals surface area (Å²) < 4.78 is 40.7. The van der Waals surface area contributed by atoms with Crippen molar-refractivity contribution in [2.24, 2.45) is 17.5 Å². The molecule has 4 aromatic rings. The first-order valence-electron chi connectivity index (χ1n) is 14.1. The molecule has 0 spiro atoms. The Balaban J connectivity index is 1.58. The van der Waals surface area contributed by atoms with Gasteiger partial charge in [-0.2, -0.15) is 18.4 Å². The van der Waals surface area contributed by atoms with E-state index in [0.29, 0.717) is 53.0 Å². The third kappa shape index (κ3) is 6.88. The highest BCUT2D eigenvalue weighted by molar-refractivity contribution is 6.31. The Kier molecular flexibility index (Phi) is 9.13. The van der Waals surface area contributed by atoms with E-state index in [-0.39, 0.29) is 33.8 Å². The first kappa shape index (κ1) is 32.2. The van der Waals surface area contributed by atoms with E-state index in [9.17, 15) is 28.0 Å². The van der Waals surface area contributed by atoms with Gasteiger partial charge in [-0.3, -0.25) is 24.1 Å². The standard InChI is InChI=1S/C32H28ClF3N8O2/c1-18-4-2-7-26(20-5-3-6-21(11-20)30-25(42-31(18)46)10-19(14-37)15-40-30)43-17-41-24(13-29(43)45)23-12-22(33)8-9-27(23)44(39)16-28(38)32(34,35)36/h3,5-6,8-13,15-18,26H,2,4,7,38-39H2,1H3,(H,42,46)/b28-16-. The van der Waals surface area contributed by atoms with Crippen molar-refractivity contribution in [3.8, 4) is 28.6 Å². The molecule has 0 saturated carbocycles. The molecule has 3 heterocycles. The number of hydrogen-bond acceptors (Lipinski definition) is 8. The number of carbonyl (C=O) groups excluding carboxylic acids is 1. The van der Waals surface area contributed by atoms with Gasteiger partial charge in [0.15, 0.2) is 0 Å². The normalized spacial score (nSPS) is 17.2. The van der Waals surface area contributed by atoms with Crippen LogP contribution < -0.4 is 27.5 Å². The lowest BCUT2D eigenvalue weighted by atomic mass is 9.93. The molecule has 2 bridgehead atoms. The second-order valence-electron chi connectivity index (χ2n) is 10.9. The first-order valence-corrected chi connectivity index (χ1v) is 14.5. The molecular formula is C32H28ClF3N8O2. The number of nitrogens with zero attached hydrogens (tertiary/aromatic N) is 5. The lowest BCUT2D eigenvalue weighted by Gasteiger charge is -2.24. The Hall–Kier alpha value is -5.19. The summed E-state index contributed by atoms with van der Waals surface area (Å²) in [6.07, 6.45) is 0.139. The summed E-state index contributed by atoms with van der Waals surface area (Å²) in [5, 5.41) is 13.3. The number of nitrogens with one attached hydrogen (secondary N) is 1. The number of amides is 1. The molecule has 0 saturated heterocycles. The highest BCUT2D eigenvalue weighted by Gasteiger charge is 2.32. The molecule has 1 aliphatic heterocycles. The van der Waals surface area contributed by atoms with E-state index in [1.54, 1.807) is 13.0 Å². The fourth-order valence-electron chi connectivity index (χ4n) is 5.24. The van der Waals surface area contributed by atoms with Crippen LogP contribution in [0.2, 0.25) is 5.02 Å². The number of allylic oxidation sites excluding steroid dienone is 1. The Morgan fingerprint density at radius 2 is 1.93 bits per heavy atom. The van der Waals surface area contributed by atoms with Gasteiger partial charge in [0.1, 0.15) is 11.8 Å². The minimum absolute atomic E-state index is 0.0814. The van der Waals surface area contributed by atoms with E-state index in [0.717, 1.165) is 5.56 Å². The van der Waals surface area contributed by atoms with E-state index in [4.69, 9.17) is 23.2 Å². The van der Waals surface area contributed by atoms with Crippen LogP contribution in [0.3, 0.4) is 0 Å². The summed E-state index contributed by atoms with van der Waals surface area (Å²) in [4.78, 5) is 35.7. The molecular weight excluding hydrogens is 621 g/mol. The highest BCUT2D eigenvalue weighted by atomic mass is 35.5. The van der Waals surface area contributed by atoms with Crippen LogP contribution in [0, 0.1) is 17.2 Å². The van der Waals surface area contributed by atoms with Crippen LogP contribution in [0.15, 0.2) is 83.8 Å². The predicted octanol–water partition coefficient (Wildman–Crippen LogP) is 5.89. The molecule has 5 N–H and O–H groups in total. The number of pyridine rings is 1. The molecule has 0 fully saturated rings. The zero-order valence-electron chi connectivity index (χ0n) is 24.4. The third-order valence-electron chi connectivity index (χ3n) is 7.67. The van der Waals surface area contributed by atoms with Crippen LogP contribution >= 0.6 is 11.6 Å². The molecule has 2 atom stereocenters. The Labute approximate surface area is 266 Å². The van der Waals surface area contributed by atoms with Crippen molar-refractivity contribution in [1.82, 2.24) is 14.5 Å². The van der Waals surface area contributed by atoms with Gasteiger partial charge >= 0.3 is 6.18 Å². The van der Waals surface area contributed by atoms with Crippen molar-refractivity contribution in [1.29, 1.82) is 5.26 Å². The van der Waals surface area contributed by atoms with E-state index >= 15 is 0 Å². The summed E-state index contributed by atoms with van der Waals surface area (Å²) in [6.45, 7) is 1.81. The molecule has 1 amide bonds. The number of rotatable bonds is 4. The van der Waals surface area contributed by atoms with Crippen LogP contribution in [0.5, 0.6) is 0 Å². The Morgan fingerprint density at radius 3 is 2.65 bits per heavy atom. The minimum atomic E-state index is -4.80. The van der Waals surface area contributed by atoms with Gasteiger partial charge in [0.05, 0.1) is 40.7 Å². The largest absolute Gasteiger partial charge is 0.432 e. The zero-order valence-corrected chi connectivity index (χ0v) is 25.2. The van der Waals surface area contributed by atoms with Gasteiger partial charge in [-0.05, 0) is 48.7 Å². The highest BCUT2D eigenvalue weighted by Crippen LogP contribution is 2.35. The number of aromatic nitrogens is 3. The van der Waals surface area contributed by atoms with Gasteiger partial charge in [-0.15, -0.1) is 0 Å². The van der Waals surface area contributed by atoms with Crippen LogP contribution in [-0.4, -0.2) is 26.6 Å². The number of benzene rings is 2. The van der Waals surface area contributed by atoms with Crippen molar-refractivity contribution in [3.63, 3.8) is 0 Å². The molecule has 5 rings (SSSR count). The number of nitrogens with two attached hydrogens (primary N) is 2. The van der Waals surface area contributed by atoms with Gasteiger partial charge < -0.3 is 11.1 Å². The smallest absolute Gasteiger partial charge is 0.393 e. The second kappa shape index (κ2) is 13.0. The average Bonchev–Trinajstić information content (AvgIpc) is 3.02. The Morgan fingerprint density at radius 1 is 1.15 bits per heavy atom. The fraction of sp³-hybridized carbons (Fsp3) is 0.219. The van der Waals surface area contributed by atoms with Crippen molar-refractivity contribution in [3.05, 3.63) is 106 Å². The zero-order chi connectivity index (χ0) is 33.2. The van der Waals surface area contributed by atoms with Gasteiger partial charge in [-0.1, -0.05) is 43.1 Å². The van der Waals surface area contributed by atoms with Crippen molar-refractivity contribution < 1.29 is 18.0 Å². The number of fused-ring (bicyclic) bond motifs is 4. The van der Waals surface area contributed by atoms with Crippen LogP contribution in [0.25, 0.3) is 22.5 Å². The van der Waals surface area contributed by atoms with E-state index < -0.39 is 23.5 Å². The van der Waals surface area contributed by atoms with E-state index in [1.165, 1.54) is 41.4 Å². The number of nitriles is 1. The summed E-state index contributed by atoms with van der Waals surface area (Å²) in [6, 6.07) is 16.1. The SMILES string of the molecule is CC1CCCC(n2cnc(-c3cc(Cl)ccc3N(N)/C=C(\N)C(F)(F)F)cc2=O)c2cccc(c2)-c2ncc(C#N)cc2NC1=O. The second-order valence-corrected chi connectivity index (χ2v) is 11.3. The van der Waals surface area contributed by atoms with Crippen LogP contribution in [0.4, 0.5) is 24.5 Å². The van der Waals surface area contributed by atoms with E-state index in [2.05, 4.69) is 15.3 Å². The third-order valence-corrected chi connectivity index (χ3v) is 7.91. The average molecular weight is 649 g/mol. The molecule has 236 valence electrons. The molecule has 1 aliphatic rings. The maximum Gasteiger partial charge on any atom is 0.432 e. The molecule has 46 heavy (non-hydrogen) atoms. The number of hydrogen-bond donors (Lipinski definition) is 3. The Bertz CT molecular complexity index is 1940. The molecule has 0 radical (unpaired) electrons. The van der Waals surface area contributed by atoms with Crippen LogP contribution in [0.1, 0.15) is 43.4 Å². The van der Waals surface area contributed by atoms with Gasteiger partial charge in [-0.25, -0.2) is 10.8 Å². The monoisotopic (exact) mass is 648 g/mol. The summed E-state index contributed by atoms with van der Waals surface area (Å²) in [7, 11) is 0. The van der Waals surface area contributed by atoms with Gasteiger partial charge in [0.2, 0.25) is 5.91 Å². The quantitative estimate of drug-likeness (QED) is 0.183. The van der Waals surface area contributed by atoms with E-state index in [1.807, 2.05) is 30.3 Å². The molecule has 2 unspecified atom stereocenters. The summed E-state index contributed by atoms with van der Waals surface area (Å²) in [5.41, 5.74) is 6.37.